The number of carbonyl (C=O) groups is 2. The van der Waals surface area contributed by atoms with Crippen molar-refractivity contribution in [2.75, 3.05) is 6.61 Å². The highest BCUT2D eigenvalue weighted by Crippen LogP contribution is 2.28. The molecule has 4 nitrogen and oxygen atoms in total. The zero-order chi connectivity index (χ0) is 13.5. The largest absolute Gasteiger partial charge is 0.465 e. The molecule has 2 unspecified atom stereocenters. The van der Waals surface area contributed by atoms with Gasteiger partial charge >= 0.3 is 5.97 Å². The molecule has 0 N–H and O–H groups in total. The van der Waals surface area contributed by atoms with Crippen LogP contribution in [0.25, 0.3) is 0 Å². The van der Waals surface area contributed by atoms with E-state index in [4.69, 9.17) is 21.1 Å². The highest BCUT2D eigenvalue weighted by Gasteiger charge is 2.29. The van der Waals surface area contributed by atoms with Crippen LogP contribution in [-0.4, -0.2) is 23.9 Å². The van der Waals surface area contributed by atoms with Gasteiger partial charge in [0.05, 0.1) is 6.61 Å². The zero-order valence-corrected chi connectivity index (χ0v) is 12.0. The predicted octanol–water partition coefficient (Wildman–Crippen LogP) is 2.88. The summed E-state index contributed by atoms with van der Waals surface area (Å²) in [4.78, 5) is 21.4. The summed E-state index contributed by atoms with van der Waals surface area (Å²) >= 11 is 8.95. The summed E-state index contributed by atoms with van der Waals surface area (Å²) in [5, 5.41) is 0.561. The van der Waals surface area contributed by atoms with Crippen LogP contribution in [0.3, 0.4) is 0 Å². The normalized spacial score (nSPS) is 13.5. The Labute approximate surface area is 118 Å². The molecule has 6 heteroatoms. The lowest BCUT2D eigenvalue weighted by molar-refractivity contribution is -0.147. The Hall–Kier alpha value is -1.07. The lowest BCUT2D eigenvalue weighted by atomic mass is 10.1. The minimum Gasteiger partial charge on any atom is -0.465 e. The molecule has 1 rings (SSSR count). The van der Waals surface area contributed by atoms with Crippen LogP contribution in [0.5, 0.6) is 0 Å². The summed E-state index contributed by atoms with van der Waals surface area (Å²) in [5.41, 5.74) is 0.654. The van der Waals surface area contributed by atoms with E-state index in [1.807, 2.05) is 0 Å². The third-order valence-electron chi connectivity index (χ3n) is 2.18. The molecule has 18 heavy (non-hydrogen) atoms. The highest BCUT2D eigenvalue weighted by atomic mass is 79.9. The third kappa shape index (κ3) is 3.99. The topological polar surface area (TPSA) is 52.6 Å². The van der Waals surface area contributed by atoms with E-state index in [1.165, 1.54) is 0 Å². The maximum absolute atomic E-state index is 11.6. The number of alkyl halides is 1. The van der Waals surface area contributed by atoms with Gasteiger partial charge in [0.15, 0.2) is 4.83 Å². The molecule has 0 saturated carbocycles. The highest BCUT2D eigenvalue weighted by molar-refractivity contribution is 9.10. The minimum absolute atomic E-state index is 0.259. The van der Waals surface area contributed by atoms with E-state index in [-0.39, 0.29) is 6.61 Å². The van der Waals surface area contributed by atoms with Crippen molar-refractivity contribution in [1.29, 1.82) is 0 Å². The summed E-state index contributed by atoms with van der Waals surface area (Å²) in [7, 11) is 0. The van der Waals surface area contributed by atoms with Crippen molar-refractivity contribution in [2.45, 2.75) is 17.9 Å². The molecule has 0 spiro atoms. The van der Waals surface area contributed by atoms with E-state index in [9.17, 15) is 9.59 Å². The van der Waals surface area contributed by atoms with Gasteiger partial charge in [-0.05, 0) is 24.6 Å². The first-order valence-corrected chi connectivity index (χ1v) is 6.54. The third-order valence-corrected chi connectivity index (χ3v) is 3.28. The molecule has 0 amide bonds. The van der Waals surface area contributed by atoms with Crippen LogP contribution in [0.15, 0.2) is 24.3 Å². The average molecular weight is 336 g/mol. The zero-order valence-electron chi connectivity index (χ0n) is 9.64. The first-order valence-electron chi connectivity index (χ1n) is 5.25. The van der Waals surface area contributed by atoms with Gasteiger partial charge in [-0.25, -0.2) is 0 Å². The summed E-state index contributed by atoms with van der Waals surface area (Å²) in [6.45, 7) is 2.26. The van der Waals surface area contributed by atoms with Crippen molar-refractivity contribution in [2.24, 2.45) is 0 Å². The Morgan fingerprint density at radius 1 is 1.44 bits per heavy atom. The van der Waals surface area contributed by atoms with Crippen molar-refractivity contribution < 1.29 is 19.1 Å². The standard InChI is InChI=1S/C12H12BrClO4/c1-2-17-12(16)10(13)11(18-7-15)8-3-5-9(14)6-4-8/h3-7,10-11H,2H2,1H3. The molecule has 0 heterocycles. The number of hydrogen-bond acceptors (Lipinski definition) is 4. The minimum atomic E-state index is -0.760. The van der Waals surface area contributed by atoms with Crippen LogP contribution in [0.4, 0.5) is 0 Å². The molecule has 0 bridgehead atoms. The Kier molecular flexibility index (Phi) is 6.15. The van der Waals surface area contributed by atoms with Gasteiger partial charge in [0, 0.05) is 5.02 Å². The smallest absolute Gasteiger partial charge is 0.323 e. The second-order valence-electron chi connectivity index (χ2n) is 3.36. The molecular formula is C12H12BrClO4. The van der Waals surface area contributed by atoms with Gasteiger partial charge in [0.2, 0.25) is 0 Å². The summed E-state index contributed by atoms with van der Waals surface area (Å²) in [5.74, 6) is -0.487. The quantitative estimate of drug-likeness (QED) is 0.456. The lowest BCUT2D eigenvalue weighted by Gasteiger charge is -2.20. The average Bonchev–Trinajstić information content (AvgIpc) is 2.37. The number of benzene rings is 1. The number of halogens is 2. The van der Waals surface area contributed by atoms with E-state index in [1.54, 1.807) is 31.2 Å². The fourth-order valence-electron chi connectivity index (χ4n) is 1.37. The van der Waals surface area contributed by atoms with E-state index in [0.717, 1.165) is 0 Å². The van der Waals surface area contributed by atoms with Crippen molar-refractivity contribution >= 4 is 40.0 Å². The molecule has 0 radical (unpaired) electrons. The SMILES string of the molecule is CCOC(=O)C(Br)C(OC=O)c1ccc(Cl)cc1. The fraction of sp³-hybridized carbons (Fsp3) is 0.333. The van der Waals surface area contributed by atoms with Crippen LogP contribution >= 0.6 is 27.5 Å². The van der Waals surface area contributed by atoms with Crippen LogP contribution in [-0.2, 0) is 19.1 Å². The van der Waals surface area contributed by atoms with Crippen molar-refractivity contribution in [3.05, 3.63) is 34.9 Å². The Morgan fingerprint density at radius 2 is 2.06 bits per heavy atom. The summed E-state index contributed by atoms with van der Waals surface area (Å²) in [6.07, 6.45) is -0.751. The molecule has 98 valence electrons. The van der Waals surface area contributed by atoms with Crippen molar-refractivity contribution in [3.8, 4) is 0 Å². The molecule has 0 aliphatic carbocycles. The fourth-order valence-corrected chi connectivity index (χ4v) is 2.06. The summed E-state index contributed by atoms with van der Waals surface area (Å²) in [6, 6.07) is 6.68. The number of ether oxygens (including phenoxy) is 2. The van der Waals surface area contributed by atoms with Gasteiger partial charge < -0.3 is 9.47 Å². The maximum Gasteiger partial charge on any atom is 0.323 e. The van der Waals surface area contributed by atoms with Gasteiger partial charge in [-0.3, -0.25) is 9.59 Å². The lowest BCUT2D eigenvalue weighted by Crippen LogP contribution is -2.26. The molecule has 0 saturated heterocycles. The Bertz CT molecular complexity index is 407. The number of esters is 1. The molecule has 0 aliphatic heterocycles. The van der Waals surface area contributed by atoms with E-state index >= 15 is 0 Å². The van der Waals surface area contributed by atoms with E-state index < -0.39 is 16.9 Å². The van der Waals surface area contributed by atoms with E-state index in [0.29, 0.717) is 17.1 Å². The molecular weight excluding hydrogens is 323 g/mol. The van der Waals surface area contributed by atoms with Gasteiger partial charge in [0.1, 0.15) is 6.10 Å². The molecule has 0 aliphatic rings. The van der Waals surface area contributed by atoms with Crippen molar-refractivity contribution in [1.82, 2.24) is 0 Å². The van der Waals surface area contributed by atoms with Gasteiger partial charge in [-0.2, -0.15) is 0 Å². The molecule has 1 aromatic carbocycles. The molecule has 2 atom stereocenters. The number of hydrogen-bond donors (Lipinski definition) is 0. The molecule has 0 fully saturated rings. The Morgan fingerprint density at radius 3 is 2.56 bits per heavy atom. The second kappa shape index (κ2) is 7.38. The first kappa shape index (κ1) is 15.0. The number of rotatable bonds is 6. The van der Waals surface area contributed by atoms with E-state index in [2.05, 4.69) is 15.9 Å². The number of carbonyl (C=O) groups excluding carboxylic acids is 2. The van der Waals surface area contributed by atoms with Crippen LogP contribution < -0.4 is 0 Å². The monoisotopic (exact) mass is 334 g/mol. The van der Waals surface area contributed by atoms with Gasteiger partial charge in [-0.1, -0.05) is 39.7 Å². The van der Waals surface area contributed by atoms with Gasteiger partial charge in [0.25, 0.3) is 6.47 Å². The first-order chi connectivity index (χ1) is 8.60. The van der Waals surface area contributed by atoms with Crippen LogP contribution in [0.1, 0.15) is 18.6 Å². The maximum atomic E-state index is 11.6. The molecule has 0 aromatic heterocycles. The predicted molar refractivity (Wildman–Crippen MR) is 70.7 cm³/mol. The summed E-state index contributed by atoms with van der Waals surface area (Å²) < 4.78 is 9.79. The Balaban J connectivity index is 2.90. The molecule has 1 aromatic rings. The van der Waals surface area contributed by atoms with Gasteiger partial charge in [-0.15, -0.1) is 0 Å². The van der Waals surface area contributed by atoms with Crippen LogP contribution in [0, 0.1) is 0 Å². The second-order valence-corrected chi connectivity index (χ2v) is 4.78. The van der Waals surface area contributed by atoms with Crippen LogP contribution in [0.2, 0.25) is 5.02 Å². The van der Waals surface area contributed by atoms with Crippen molar-refractivity contribution in [3.63, 3.8) is 0 Å².